The average molecular weight is 343 g/mol. The third-order valence-electron chi connectivity index (χ3n) is 4.09. The second-order valence-corrected chi connectivity index (χ2v) is 5.65. The maximum Gasteiger partial charge on any atom is 0.267 e. The minimum absolute atomic E-state index is 0.108. The Kier molecular flexibility index (Phi) is 6.33. The Bertz CT molecular complexity index is 764. The smallest absolute Gasteiger partial charge is 0.267 e. The third-order valence-corrected chi connectivity index (χ3v) is 4.09. The van der Waals surface area contributed by atoms with Gasteiger partial charge in [-0.15, -0.1) is 0 Å². The molecule has 6 nitrogen and oxygen atoms in total. The lowest BCUT2D eigenvalue weighted by atomic mass is 10.1. The van der Waals surface area contributed by atoms with Gasteiger partial charge in [0.1, 0.15) is 11.8 Å². The van der Waals surface area contributed by atoms with Crippen LogP contribution in [0.3, 0.4) is 0 Å². The van der Waals surface area contributed by atoms with Crippen molar-refractivity contribution in [1.29, 1.82) is 0 Å². The van der Waals surface area contributed by atoms with E-state index in [4.69, 9.17) is 4.74 Å². The summed E-state index contributed by atoms with van der Waals surface area (Å²) in [4.78, 5) is 26.4. The first kappa shape index (κ1) is 18.7. The molecule has 0 aliphatic heterocycles. The molecule has 0 aliphatic carbocycles. The van der Waals surface area contributed by atoms with Crippen molar-refractivity contribution >= 4 is 5.91 Å². The topological polar surface area (TPSA) is 64.4 Å². The standard InChI is InChI=1S/C19H25N3O3/c1-5-21(6-2)19(24)14(4)22-18(23)13-12-17(20-22)15-8-10-16(11-9-15)25-7-3/h8-14H,5-7H2,1-4H3. The lowest BCUT2D eigenvalue weighted by molar-refractivity contribution is -0.134. The summed E-state index contributed by atoms with van der Waals surface area (Å²) in [6, 6.07) is 9.97. The first-order chi connectivity index (χ1) is 12.0. The van der Waals surface area contributed by atoms with E-state index < -0.39 is 6.04 Å². The zero-order valence-electron chi connectivity index (χ0n) is 15.2. The van der Waals surface area contributed by atoms with Gasteiger partial charge >= 0.3 is 0 Å². The van der Waals surface area contributed by atoms with Crippen molar-refractivity contribution in [2.75, 3.05) is 19.7 Å². The molecule has 2 aromatic rings. The van der Waals surface area contributed by atoms with E-state index in [-0.39, 0.29) is 11.5 Å². The number of rotatable bonds is 7. The molecular formula is C19H25N3O3. The Morgan fingerprint density at radius 1 is 1.12 bits per heavy atom. The van der Waals surface area contributed by atoms with Gasteiger partial charge in [-0.2, -0.15) is 5.10 Å². The van der Waals surface area contributed by atoms with E-state index >= 15 is 0 Å². The van der Waals surface area contributed by atoms with Crippen molar-refractivity contribution in [1.82, 2.24) is 14.7 Å². The van der Waals surface area contributed by atoms with Crippen LogP contribution in [0.5, 0.6) is 5.75 Å². The van der Waals surface area contributed by atoms with Crippen molar-refractivity contribution in [3.05, 3.63) is 46.8 Å². The lowest BCUT2D eigenvalue weighted by Crippen LogP contribution is -2.39. The van der Waals surface area contributed by atoms with Crippen LogP contribution < -0.4 is 10.3 Å². The van der Waals surface area contributed by atoms with E-state index in [1.54, 1.807) is 17.9 Å². The lowest BCUT2D eigenvalue weighted by Gasteiger charge is -2.23. The molecule has 0 saturated heterocycles. The minimum atomic E-state index is -0.643. The van der Waals surface area contributed by atoms with E-state index in [9.17, 15) is 9.59 Å². The Morgan fingerprint density at radius 2 is 1.76 bits per heavy atom. The van der Waals surface area contributed by atoms with Crippen LogP contribution in [0.25, 0.3) is 11.3 Å². The maximum absolute atomic E-state index is 12.5. The number of nitrogens with zero attached hydrogens (tertiary/aromatic N) is 3. The summed E-state index contributed by atoms with van der Waals surface area (Å²) >= 11 is 0. The summed E-state index contributed by atoms with van der Waals surface area (Å²) in [6.45, 7) is 9.28. The average Bonchev–Trinajstić information content (AvgIpc) is 2.63. The van der Waals surface area contributed by atoms with Gasteiger partial charge in [0, 0.05) is 24.7 Å². The Labute approximate surface area is 148 Å². The summed E-state index contributed by atoms with van der Waals surface area (Å²) in [6.07, 6.45) is 0. The molecule has 2 rings (SSSR count). The molecule has 134 valence electrons. The molecule has 6 heteroatoms. The molecule has 0 fully saturated rings. The van der Waals surface area contributed by atoms with E-state index in [0.29, 0.717) is 25.4 Å². The fourth-order valence-electron chi connectivity index (χ4n) is 2.65. The van der Waals surface area contributed by atoms with Gasteiger partial charge in [0.15, 0.2) is 0 Å². The second kappa shape index (κ2) is 8.46. The number of carbonyl (C=O) groups excluding carboxylic acids is 1. The van der Waals surface area contributed by atoms with Crippen molar-refractivity contribution in [3.63, 3.8) is 0 Å². The molecule has 1 heterocycles. The summed E-state index contributed by atoms with van der Waals surface area (Å²) < 4.78 is 6.69. The van der Waals surface area contributed by atoms with Gasteiger partial charge in [-0.25, -0.2) is 4.68 Å². The zero-order chi connectivity index (χ0) is 18.4. The number of aromatic nitrogens is 2. The molecule has 1 unspecified atom stereocenters. The molecule has 1 amide bonds. The SMILES string of the molecule is CCOc1ccc(-c2ccc(=O)n(C(C)C(=O)N(CC)CC)n2)cc1. The van der Waals surface area contributed by atoms with Crippen LogP contribution in [-0.4, -0.2) is 40.3 Å². The molecule has 0 bridgehead atoms. The number of ether oxygens (including phenoxy) is 1. The molecule has 25 heavy (non-hydrogen) atoms. The highest BCUT2D eigenvalue weighted by Crippen LogP contribution is 2.20. The molecule has 1 atom stereocenters. The fraction of sp³-hybridized carbons (Fsp3) is 0.421. The first-order valence-corrected chi connectivity index (χ1v) is 8.63. The highest BCUT2D eigenvalue weighted by Gasteiger charge is 2.22. The van der Waals surface area contributed by atoms with Gasteiger partial charge in [-0.3, -0.25) is 9.59 Å². The van der Waals surface area contributed by atoms with Crippen LogP contribution >= 0.6 is 0 Å². The van der Waals surface area contributed by atoms with Gasteiger partial charge < -0.3 is 9.64 Å². The normalized spacial score (nSPS) is 11.8. The number of likely N-dealkylation sites (N-methyl/N-ethyl adjacent to an activating group) is 1. The van der Waals surface area contributed by atoms with Crippen LogP contribution in [0.4, 0.5) is 0 Å². The van der Waals surface area contributed by atoms with E-state index in [1.807, 2.05) is 45.0 Å². The van der Waals surface area contributed by atoms with Crippen LogP contribution in [0, 0.1) is 0 Å². The quantitative estimate of drug-likeness (QED) is 0.775. The predicted molar refractivity (Wildman–Crippen MR) is 97.7 cm³/mol. The Hall–Kier alpha value is -2.63. The van der Waals surface area contributed by atoms with E-state index in [2.05, 4.69) is 5.10 Å². The fourth-order valence-corrected chi connectivity index (χ4v) is 2.65. The molecule has 0 radical (unpaired) electrons. The third kappa shape index (κ3) is 4.26. The highest BCUT2D eigenvalue weighted by molar-refractivity contribution is 5.80. The van der Waals surface area contributed by atoms with E-state index in [1.165, 1.54) is 10.7 Å². The van der Waals surface area contributed by atoms with Gasteiger partial charge in [0.2, 0.25) is 5.91 Å². The number of carbonyl (C=O) groups is 1. The number of hydrogen-bond donors (Lipinski definition) is 0. The molecule has 0 N–H and O–H groups in total. The first-order valence-electron chi connectivity index (χ1n) is 8.63. The molecular weight excluding hydrogens is 318 g/mol. The maximum atomic E-state index is 12.5. The Morgan fingerprint density at radius 3 is 2.32 bits per heavy atom. The predicted octanol–water partition coefficient (Wildman–Crippen LogP) is 2.74. The van der Waals surface area contributed by atoms with E-state index in [0.717, 1.165) is 11.3 Å². The van der Waals surface area contributed by atoms with Crippen LogP contribution in [0.15, 0.2) is 41.2 Å². The number of hydrogen-bond acceptors (Lipinski definition) is 4. The highest BCUT2D eigenvalue weighted by atomic mass is 16.5. The summed E-state index contributed by atoms with van der Waals surface area (Å²) in [5, 5.41) is 4.41. The van der Waals surface area contributed by atoms with Crippen LogP contribution in [-0.2, 0) is 4.79 Å². The van der Waals surface area contributed by atoms with Crippen LogP contribution in [0.2, 0.25) is 0 Å². The van der Waals surface area contributed by atoms with Crippen molar-refractivity contribution in [3.8, 4) is 17.0 Å². The molecule has 1 aromatic carbocycles. The van der Waals surface area contributed by atoms with Gasteiger partial charge in [0.05, 0.1) is 12.3 Å². The molecule has 0 spiro atoms. The monoisotopic (exact) mass is 343 g/mol. The number of amides is 1. The van der Waals surface area contributed by atoms with Gasteiger partial charge in [-0.05, 0) is 58.0 Å². The summed E-state index contributed by atoms with van der Waals surface area (Å²) in [5.41, 5.74) is 1.21. The van der Waals surface area contributed by atoms with Crippen molar-refractivity contribution < 1.29 is 9.53 Å². The van der Waals surface area contributed by atoms with Crippen LogP contribution in [0.1, 0.15) is 33.7 Å². The minimum Gasteiger partial charge on any atom is -0.494 e. The molecule has 0 aliphatic rings. The number of benzene rings is 1. The van der Waals surface area contributed by atoms with Gasteiger partial charge in [-0.1, -0.05) is 0 Å². The van der Waals surface area contributed by atoms with Gasteiger partial charge in [0.25, 0.3) is 5.56 Å². The van der Waals surface area contributed by atoms with Crippen molar-refractivity contribution in [2.24, 2.45) is 0 Å². The second-order valence-electron chi connectivity index (χ2n) is 5.65. The largest absolute Gasteiger partial charge is 0.494 e. The molecule has 1 aromatic heterocycles. The Balaban J connectivity index is 2.33. The molecule has 0 saturated carbocycles. The summed E-state index contributed by atoms with van der Waals surface area (Å²) in [5.74, 6) is 0.674. The summed E-state index contributed by atoms with van der Waals surface area (Å²) in [7, 11) is 0. The zero-order valence-corrected chi connectivity index (χ0v) is 15.2. The van der Waals surface area contributed by atoms with Crippen molar-refractivity contribution in [2.45, 2.75) is 33.7 Å².